The van der Waals surface area contributed by atoms with Gasteiger partial charge >= 0.3 is 0 Å². The van der Waals surface area contributed by atoms with E-state index in [0.29, 0.717) is 12.3 Å². The summed E-state index contributed by atoms with van der Waals surface area (Å²) in [5.74, 6) is 0.689. The molecule has 0 heterocycles. The van der Waals surface area contributed by atoms with Crippen molar-refractivity contribution >= 4 is 15.9 Å². The van der Waals surface area contributed by atoms with Crippen molar-refractivity contribution in [1.29, 1.82) is 0 Å². The predicted molar refractivity (Wildman–Crippen MR) is 73.1 cm³/mol. The van der Waals surface area contributed by atoms with Gasteiger partial charge in [0.2, 0.25) is 0 Å². The number of nitrogens with two attached hydrogens (primary N) is 1. The van der Waals surface area contributed by atoms with Gasteiger partial charge in [0, 0.05) is 22.0 Å². The fourth-order valence-electron chi connectivity index (χ4n) is 1.74. The summed E-state index contributed by atoms with van der Waals surface area (Å²) in [6, 6.07) is 5.61. The minimum absolute atomic E-state index is 0.339. The standard InChI is InChI=1S/C13H20BrNO2/c1-4-13(2,8-15)12(16)10-7-9(14)5-6-11(10)17-3/h5-7,12,16H,4,8,15H2,1-3H3. The first-order valence-electron chi connectivity index (χ1n) is 5.70. The van der Waals surface area contributed by atoms with E-state index in [9.17, 15) is 5.11 Å². The van der Waals surface area contributed by atoms with E-state index < -0.39 is 6.10 Å². The lowest BCUT2D eigenvalue weighted by atomic mass is 9.78. The first-order chi connectivity index (χ1) is 7.98. The van der Waals surface area contributed by atoms with E-state index in [-0.39, 0.29) is 5.41 Å². The van der Waals surface area contributed by atoms with Gasteiger partial charge in [0.25, 0.3) is 0 Å². The average Bonchev–Trinajstić information content (AvgIpc) is 2.36. The molecule has 17 heavy (non-hydrogen) atoms. The van der Waals surface area contributed by atoms with Gasteiger partial charge in [-0.3, -0.25) is 0 Å². The molecule has 0 aliphatic heterocycles. The summed E-state index contributed by atoms with van der Waals surface area (Å²) in [4.78, 5) is 0. The summed E-state index contributed by atoms with van der Waals surface area (Å²) in [6.45, 7) is 4.44. The van der Waals surface area contributed by atoms with Crippen molar-refractivity contribution in [3.63, 3.8) is 0 Å². The molecular formula is C13H20BrNO2. The molecule has 0 aliphatic rings. The topological polar surface area (TPSA) is 55.5 Å². The van der Waals surface area contributed by atoms with Crippen molar-refractivity contribution < 1.29 is 9.84 Å². The Hall–Kier alpha value is -0.580. The van der Waals surface area contributed by atoms with E-state index in [1.54, 1.807) is 7.11 Å². The fourth-order valence-corrected chi connectivity index (χ4v) is 2.12. The van der Waals surface area contributed by atoms with Gasteiger partial charge in [0.1, 0.15) is 5.75 Å². The Kier molecular flexibility index (Phi) is 4.98. The molecule has 0 amide bonds. The van der Waals surface area contributed by atoms with Crippen molar-refractivity contribution in [2.24, 2.45) is 11.1 Å². The molecule has 3 N–H and O–H groups in total. The Balaban J connectivity index is 3.18. The van der Waals surface area contributed by atoms with Crippen LogP contribution in [-0.2, 0) is 0 Å². The molecule has 2 atom stereocenters. The van der Waals surface area contributed by atoms with Crippen LogP contribution >= 0.6 is 15.9 Å². The molecule has 4 heteroatoms. The summed E-state index contributed by atoms with van der Waals surface area (Å²) in [5.41, 5.74) is 6.21. The molecule has 0 saturated heterocycles. The second kappa shape index (κ2) is 5.85. The third kappa shape index (κ3) is 3.00. The molecule has 96 valence electrons. The molecular weight excluding hydrogens is 282 g/mol. The van der Waals surface area contributed by atoms with E-state index in [1.165, 1.54) is 0 Å². The van der Waals surface area contributed by atoms with Crippen molar-refractivity contribution in [2.45, 2.75) is 26.4 Å². The third-order valence-electron chi connectivity index (χ3n) is 3.42. The number of rotatable bonds is 5. The molecule has 3 nitrogen and oxygen atoms in total. The second-order valence-electron chi connectivity index (χ2n) is 4.50. The number of hydrogen-bond donors (Lipinski definition) is 2. The molecule has 0 fully saturated rings. The van der Waals surface area contributed by atoms with Gasteiger partial charge in [0.15, 0.2) is 0 Å². The smallest absolute Gasteiger partial charge is 0.124 e. The Morgan fingerprint density at radius 2 is 2.18 bits per heavy atom. The maximum atomic E-state index is 10.5. The van der Waals surface area contributed by atoms with Crippen LogP contribution in [-0.4, -0.2) is 18.8 Å². The number of benzene rings is 1. The van der Waals surface area contributed by atoms with Crippen molar-refractivity contribution in [2.75, 3.05) is 13.7 Å². The summed E-state index contributed by atoms with van der Waals surface area (Å²) in [7, 11) is 1.60. The van der Waals surface area contributed by atoms with E-state index in [4.69, 9.17) is 10.5 Å². The van der Waals surface area contributed by atoms with Crippen molar-refractivity contribution in [1.82, 2.24) is 0 Å². The first kappa shape index (κ1) is 14.5. The van der Waals surface area contributed by atoms with Crippen LogP contribution in [0.1, 0.15) is 31.9 Å². The highest BCUT2D eigenvalue weighted by Crippen LogP contribution is 2.40. The van der Waals surface area contributed by atoms with Gasteiger partial charge in [-0.05, 0) is 24.6 Å². The Morgan fingerprint density at radius 3 is 2.65 bits per heavy atom. The van der Waals surface area contributed by atoms with Crippen LogP contribution in [0.25, 0.3) is 0 Å². The van der Waals surface area contributed by atoms with Gasteiger partial charge in [-0.1, -0.05) is 29.8 Å². The number of methoxy groups -OCH3 is 1. The molecule has 0 aromatic heterocycles. The number of halogens is 1. The summed E-state index contributed by atoms with van der Waals surface area (Å²) in [6.07, 6.45) is 0.172. The van der Waals surface area contributed by atoms with Crippen LogP contribution in [0.4, 0.5) is 0 Å². The Labute approximate surface area is 111 Å². The lowest BCUT2D eigenvalue weighted by Crippen LogP contribution is -2.33. The average molecular weight is 302 g/mol. The van der Waals surface area contributed by atoms with Crippen molar-refractivity contribution in [3.8, 4) is 5.75 Å². The first-order valence-corrected chi connectivity index (χ1v) is 6.49. The van der Waals surface area contributed by atoms with Crippen LogP contribution in [0, 0.1) is 5.41 Å². The van der Waals surface area contributed by atoms with Gasteiger partial charge in [-0.2, -0.15) is 0 Å². The lowest BCUT2D eigenvalue weighted by Gasteiger charge is -2.33. The number of hydrogen-bond acceptors (Lipinski definition) is 3. The SMILES string of the molecule is CCC(C)(CN)C(O)c1cc(Br)ccc1OC. The number of aliphatic hydroxyl groups is 1. The van der Waals surface area contributed by atoms with Crippen LogP contribution in [0.5, 0.6) is 5.75 Å². The highest BCUT2D eigenvalue weighted by atomic mass is 79.9. The second-order valence-corrected chi connectivity index (χ2v) is 5.42. The quantitative estimate of drug-likeness (QED) is 0.879. The molecule has 0 saturated carbocycles. The molecule has 1 aromatic carbocycles. The van der Waals surface area contributed by atoms with E-state index in [2.05, 4.69) is 15.9 Å². The summed E-state index contributed by atoms with van der Waals surface area (Å²) >= 11 is 3.41. The zero-order valence-electron chi connectivity index (χ0n) is 10.5. The van der Waals surface area contributed by atoms with Gasteiger partial charge in [0.05, 0.1) is 13.2 Å². The molecule has 0 aliphatic carbocycles. The van der Waals surface area contributed by atoms with E-state index >= 15 is 0 Å². The molecule has 1 rings (SSSR count). The fraction of sp³-hybridized carbons (Fsp3) is 0.538. The predicted octanol–water partition coefficient (Wildman–Crippen LogP) is 2.87. The monoisotopic (exact) mass is 301 g/mol. The lowest BCUT2D eigenvalue weighted by molar-refractivity contribution is 0.0372. The third-order valence-corrected chi connectivity index (χ3v) is 3.91. The highest BCUT2D eigenvalue weighted by Gasteiger charge is 2.32. The summed E-state index contributed by atoms with van der Waals surface area (Å²) < 4.78 is 6.20. The highest BCUT2D eigenvalue weighted by molar-refractivity contribution is 9.10. The van der Waals surface area contributed by atoms with Gasteiger partial charge in [-0.25, -0.2) is 0 Å². The van der Waals surface area contributed by atoms with Crippen LogP contribution in [0.2, 0.25) is 0 Å². The minimum atomic E-state index is -0.634. The molecule has 2 unspecified atom stereocenters. The zero-order valence-corrected chi connectivity index (χ0v) is 12.1. The minimum Gasteiger partial charge on any atom is -0.496 e. The maximum Gasteiger partial charge on any atom is 0.124 e. The maximum absolute atomic E-state index is 10.5. The Morgan fingerprint density at radius 1 is 1.53 bits per heavy atom. The molecule has 0 spiro atoms. The number of ether oxygens (including phenoxy) is 1. The van der Waals surface area contributed by atoms with Crippen LogP contribution in [0.15, 0.2) is 22.7 Å². The van der Waals surface area contributed by atoms with Gasteiger partial charge < -0.3 is 15.6 Å². The summed E-state index contributed by atoms with van der Waals surface area (Å²) in [5, 5.41) is 10.5. The van der Waals surface area contributed by atoms with E-state index in [0.717, 1.165) is 16.5 Å². The Bertz CT molecular complexity index is 378. The largest absolute Gasteiger partial charge is 0.496 e. The normalized spacial score (nSPS) is 16.4. The van der Waals surface area contributed by atoms with Crippen molar-refractivity contribution in [3.05, 3.63) is 28.2 Å². The van der Waals surface area contributed by atoms with Crippen LogP contribution in [0.3, 0.4) is 0 Å². The van der Waals surface area contributed by atoms with E-state index in [1.807, 2.05) is 32.0 Å². The molecule has 0 radical (unpaired) electrons. The number of aliphatic hydroxyl groups excluding tert-OH is 1. The van der Waals surface area contributed by atoms with Gasteiger partial charge in [-0.15, -0.1) is 0 Å². The molecule has 1 aromatic rings. The molecule has 0 bridgehead atoms. The zero-order chi connectivity index (χ0) is 13.1. The van der Waals surface area contributed by atoms with Crippen LogP contribution < -0.4 is 10.5 Å².